The van der Waals surface area contributed by atoms with Crippen molar-refractivity contribution in [3.8, 4) is 0 Å². The molecular formula is C15H19F3N2OS. The van der Waals surface area contributed by atoms with E-state index in [0.29, 0.717) is 5.03 Å². The highest BCUT2D eigenvalue weighted by atomic mass is 32.2. The lowest BCUT2D eigenvalue weighted by Crippen LogP contribution is -2.38. The monoisotopic (exact) mass is 332 g/mol. The van der Waals surface area contributed by atoms with Crippen molar-refractivity contribution >= 4 is 17.7 Å². The Morgan fingerprint density at radius 3 is 2.55 bits per heavy atom. The summed E-state index contributed by atoms with van der Waals surface area (Å²) < 4.78 is 37.2. The number of rotatable bonds is 4. The van der Waals surface area contributed by atoms with E-state index in [4.69, 9.17) is 0 Å². The van der Waals surface area contributed by atoms with E-state index >= 15 is 0 Å². The van der Waals surface area contributed by atoms with Crippen LogP contribution < -0.4 is 5.32 Å². The highest BCUT2D eigenvalue weighted by Gasteiger charge is 2.30. The third kappa shape index (κ3) is 5.19. The SMILES string of the molecule is CC1CCC(NC(=O)CSc2ccc(C(F)(F)F)cn2)CC1. The Bertz CT molecular complexity index is 497. The normalized spacial score (nSPS) is 22.4. The van der Waals surface area contributed by atoms with Gasteiger partial charge in [-0.25, -0.2) is 4.98 Å². The predicted octanol–water partition coefficient (Wildman–Crippen LogP) is 3.89. The highest BCUT2D eigenvalue weighted by molar-refractivity contribution is 7.99. The van der Waals surface area contributed by atoms with E-state index in [1.165, 1.54) is 6.07 Å². The second-order valence-corrected chi connectivity index (χ2v) is 6.69. The fourth-order valence-electron chi connectivity index (χ4n) is 2.45. The van der Waals surface area contributed by atoms with Crippen molar-refractivity contribution in [1.82, 2.24) is 10.3 Å². The van der Waals surface area contributed by atoms with Gasteiger partial charge in [-0.15, -0.1) is 0 Å². The summed E-state index contributed by atoms with van der Waals surface area (Å²) in [6.45, 7) is 2.21. The van der Waals surface area contributed by atoms with E-state index < -0.39 is 11.7 Å². The van der Waals surface area contributed by atoms with Gasteiger partial charge in [-0.05, 0) is 43.7 Å². The molecule has 1 aliphatic carbocycles. The first-order chi connectivity index (χ1) is 10.3. The minimum absolute atomic E-state index is 0.0914. The Hall–Kier alpha value is -1.24. The maximum atomic E-state index is 12.4. The van der Waals surface area contributed by atoms with Crippen LogP contribution in [0.25, 0.3) is 0 Å². The molecular weight excluding hydrogens is 313 g/mol. The maximum absolute atomic E-state index is 12.4. The zero-order chi connectivity index (χ0) is 16.2. The summed E-state index contributed by atoms with van der Waals surface area (Å²) in [6, 6.07) is 2.50. The van der Waals surface area contributed by atoms with E-state index in [0.717, 1.165) is 55.6 Å². The van der Waals surface area contributed by atoms with E-state index in [2.05, 4.69) is 17.2 Å². The lowest BCUT2D eigenvalue weighted by atomic mass is 9.87. The number of pyridine rings is 1. The molecule has 2 rings (SSSR count). The summed E-state index contributed by atoms with van der Waals surface area (Å²) >= 11 is 1.15. The first kappa shape index (κ1) is 17.1. The van der Waals surface area contributed by atoms with Crippen LogP contribution in [0.15, 0.2) is 23.4 Å². The van der Waals surface area contributed by atoms with Crippen molar-refractivity contribution < 1.29 is 18.0 Å². The van der Waals surface area contributed by atoms with Gasteiger partial charge in [0.1, 0.15) is 0 Å². The van der Waals surface area contributed by atoms with Crippen LogP contribution in [-0.4, -0.2) is 22.7 Å². The molecule has 0 spiro atoms. The van der Waals surface area contributed by atoms with Crippen molar-refractivity contribution in [3.05, 3.63) is 23.9 Å². The number of nitrogens with zero attached hydrogens (tertiary/aromatic N) is 1. The molecule has 0 aromatic carbocycles. The quantitative estimate of drug-likeness (QED) is 0.851. The molecule has 122 valence electrons. The van der Waals surface area contributed by atoms with Crippen molar-refractivity contribution in [2.45, 2.75) is 49.9 Å². The fourth-order valence-corrected chi connectivity index (χ4v) is 3.10. The van der Waals surface area contributed by atoms with Gasteiger partial charge in [0, 0.05) is 12.2 Å². The fraction of sp³-hybridized carbons (Fsp3) is 0.600. The Kier molecular flexibility index (Phi) is 5.72. The van der Waals surface area contributed by atoms with Crippen LogP contribution >= 0.6 is 11.8 Å². The second kappa shape index (κ2) is 7.35. The number of alkyl halides is 3. The van der Waals surface area contributed by atoms with Gasteiger partial charge in [-0.1, -0.05) is 18.7 Å². The molecule has 1 aliphatic rings. The van der Waals surface area contributed by atoms with Gasteiger partial charge in [0.05, 0.1) is 16.3 Å². The predicted molar refractivity (Wildman–Crippen MR) is 79.5 cm³/mol. The minimum Gasteiger partial charge on any atom is -0.353 e. The molecule has 1 heterocycles. The number of halogens is 3. The second-order valence-electron chi connectivity index (χ2n) is 5.70. The van der Waals surface area contributed by atoms with Crippen LogP contribution in [-0.2, 0) is 11.0 Å². The third-order valence-electron chi connectivity index (χ3n) is 3.80. The summed E-state index contributed by atoms with van der Waals surface area (Å²) in [4.78, 5) is 15.6. The Balaban J connectivity index is 1.76. The first-order valence-electron chi connectivity index (χ1n) is 7.30. The van der Waals surface area contributed by atoms with Crippen LogP contribution in [0.3, 0.4) is 0 Å². The van der Waals surface area contributed by atoms with Crippen LogP contribution in [0.2, 0.25) is 0 Å². The molecule has 1 amide bonds. The molecule has 1 saturated carbocycles. The highest BCUT2D eigenvalue weighted by Crippen LogP contribution is 2.29. The molecule has 7 heteroatoms. The lowest BCUT2D eigenvalue weighted by Gasteiger charge is -2.26. The smallest absolute Gasteiger partial charge is 0.353 e. The standard InChI is InChI=1S/C15H19F3N2OS/c1-10-2-5-12(6-3-10)20-13(21)9-22-14-7-4-11(8-19-14)15(16,17)18/h4,7-8,10,12H,2-3,5-6,9H2,1H3,(H,20,21). The molecule has 22 heavy (non-hydrogen) atoms. The Labute approximate surface area is 132 Å². The molecule has 1 fully saturated rings. The van der Waals surface area contributed by atoms with Crippen molar-refractivity contribution in [2.24, 2.45) is 5.92 Å². The maximum Gasteiger partial charge on any atom is 0.417 e. The van der Waals surface area contributed by atoms with Crippen molar-refractivity contribution in [1.29, 1.82) is 0 Å². The van der Waals surface area contributed by atoms with Gasteiger partial charge in [0.15, 0.2) is 0 Å². The zero-order valence-electron chi connectivity index (χ0n) is 12.3. The van der Waals surface area contributed by atoms with Crippen molar-refractivity contribution in [3.63, 3.8) is 0 Å². The number of hydrogen-bond acceptors (Lipinski definition) is 3. The molecule has 0 aliphatic heterocycles. The van der Waals surface area contributed by atoms with Gasteiger partial charge in [0.2, 0.25) is 5.91 Å². The first-order valence-corrected chi connectivity index (χ1v) is 8.28. The molecule has 0 saturated heterocycles. The topological polar surface area (TPSA) is 42.0 Å². The molecule has 1 aromatic rings. The molecule has 1 N–H and O–H groups in total. The molecule has 3 nitrogen and oxygen atoms in total. The summed E-state index contributed by atoms with van der Waals surface area (Å²) in [5.41, 5.74) is -0.780. The van der Waals surface area contributed by atoms with Gasteiger partial charge in [-0.3, -0.25) is 4.79 Å². The number of thioether (sulfide) groups is 1. The average Bonchev–Trinajstić information content (AvgIpc) is 2.47. The number of nitrogens with one attached hydrogen (secondary N) is 1. The van der Waals surface area contributed by atoms with Gasteiger partial charge in [-0.2, -0.15) is 13.2 Å². The summed E-state index contributed by atoms with van der Waals surface area (Å²) in [5.74, 6) is 0.801. The Morgan fingerprint density at radius 1 is 1.32 bits per heavy atom. The third-order valence-corrected chi connectivity index (χ3v) is 4.74. The molecule has 0 bridgehead atoms. The van der Waals surface area contributed by atoms with Gasteiger partial charge >= 0.3 is 6.18 Å². The van der Waals surface area contributed by atoms with E-state index in [1.54, 1.807) is 0 Å². The number of carbonyl (C=O) groups is 1. The van der Waals surface area contributed by atoms with Crippen molar-refractivity contribution in [2.75, 3.05) is 5.75 Å². The van der Waals surface area contributed by atoms with Crippen LogP contribution in [0.5, 0.6) is 0 Å². The molecule has 0 atom stereocenters. The molecule has 0 radical (unpaired) electrons. The largest absolute Gasteiger partial charge is 0.417 e. The van der Waals surface area contributed by atoms with E-state index in [-0.39, 0.29) is 17.7 Å². The van der Waals surface area contributed by atoms with Gasteiger partial charge < -0.3 is 5.32 Å². The van der Waals surface area contributed by atoms with E-state index in [9.17, 15) is 18.0 Å². The van der Waals surface area contributed by atoms with Crippen LogP contribution in [0.4, 0.5) is 13.2 Å². The number of aromatic nitrogens is 1. The summed E-state index contributed by atoms with van der Waals surface area (Å²) in [5, 5.41) is 3.39. The Morgan fingerprint density at radius 2 is 2.00 bits per heavy atom. The number of carbonyl (C=O) groups excluding carboxylic acids is 1. The van der Waals surface area contributed by atoms with Crippen LogP contribution in [0, 0.1) is 5.92 Å². The molecule has 0 unspecified atom stereocenters. The summed E-state index contributed by atoms with van der Waals surface area (Å²) in [6.07, 6.45) is 0.651. The zero-order valence-corrected chi connectivity index (χ0v) is 13.1. The average molecular weight is 332 g/mol. The van der Waals surface area contributed by atoms with Crippen LogP contribution in [0.1, 0.15) is 38.2 Å². The molecule has 1 aromatic heterocycles. The lowest BCUT2D eigenvalue weighted by molar-refractivity contribution is -0.137. The van der Waals surface area contributed by atoms with E-state index in [1.807, 2.05) is 0 Å². The summed E-state index contributed by atoms with van der Waals surface area (Å²) in [7, 11) is 0. The minimum atomic E-state index is -4.38. The van der Waals surface area contributed by atoms with Gasteiger partial charge in [0.25, 0.3) is 0 Å². The number of hydrogen-bond donors (Lipinski definition) is 1. The number of amides is 1.